The van der Waals surface area contributed by atoms with Crippen molar-refractivity contribution in [3.63, 3.8) is 0 Å². The van der Waals surface area contributed by atoms with E-state index >= 15 is 0 Å². The monoisotopic (exact) mass is 260 g/mol. The molecule has 0 bridgehead atoms. The maximum atomic E-state index is 13.5. The number of rotatable bonds is 5. The van der Waals surface area contributed by atoms with Crippen LogP contribution in [-0.4, -0.2) is 26.3 Å². The Labute approximate surface area is 101 Å². The first-order chi connectivity index (χ1) is 7.95. The predicted molar refractivity (Wildman–Crippen MR) is 64.4 cm³/mol. The Morgan fingerprint density at radius 3 is 2.59 bits per heavy atom. The molecule has 0 radical (unpaired) electrons. The Kier molecular flexibility index (Phi) is 4.62. The molecule has 0 aliphatic carbocycles. The zero-order valence-corrected chi connectivity index (χ0v) is 10.8. The molecule has 6 heteroatoms. The summed E-state index contributed by atoms with van der Waals surface area (Å²) in [5.41, 5.74) is 5.44. The van der Waals surface area contributed by atoms with Crippen molar-refractivity contribution >= 4 is 10.0 Å². The van der Waals surface area contributed by atoms with Gasteiger partial charge >= 0.3 is 0 Å². The van der Waals surface area contributed by atoms with Gasteiger partial charge in [0.15, 0.2) is 0 Å². The Morgan fingerprint density at radius 1 is 1.41 bits per heavy atom. The average molecular weight is 260 g/mol. The molecule has 0 unspecified atom stereocenters. The highest BCUT2D eigenvalue weighted by Crippen LogP contribution is 2.21. The van der Waals surface area contributed by atoms with E-state index in [1.807, 2.05) is 6.92 Å². The molecule has 0 saturated heterocycles. The first kappa shape index (κ1) is 14.1. The second kappa shape index (κ2) is 5.57. The van der Waals surface area contributed by atoms with Gasteiger partial charge in [-0.25, -0.2) is 17.1 Å². The van der Waals surface area contributed by atoms with Gasteiger partial charge in [0.2, 0.25) is 10.0 Å². The number of nitrogens with two attached hydrogens (primary N) is 1. The lowest BCUT2D eigenvalue weighted by atomic mass is 10.2. The number of sulfonamides is 1. The van der Waals surface area contributed by atoms with Crippen LogP contribution in [0.4, 0.5) is 4.39 Å². The van der Waals surface area contributed by atoms with Crippen LogP contribution in [-0.2, 0) is 16.6 Å². The van der Waals surface area contributed by atoms with Crippen molar-refractivity contribution in [2.75, 3.05) is 13.6 Å². The van der Waals surface area contributed by atoms with Crippen molar-refractivity contribution in [2.45, 2.75) is 24.8 Å². The molecule has 17 heavy (non-hydrogen) atoms. The van der Waals surface area contributed by atoms with E-state index in [9.17, 15) is 12.8 Å². The van der Waals surface area contributed by atoms with Gasteiger partial charge < -0.3 is 5.73 Å². The van der Waals surface area contributed by atoms with Crippen LogP contribution in [0.2, 0.25) is 0 Å². The van der Waals surface area contributed by atoms with E-state index in [4.69, 9.17) is 5.73 Å². The normalized spacial score (nSPS) is 12.1. The summed E-state index contributed by atoms with van der Waals surface area (Å²) in [4.78, 5) is -0.0454. The van der Waals surface area contributed by atoms with Crippen LogP contribution in [0.25, 0.3) is 0 Å². The SMILES string of the molecule is CCCN(C)S(=O)(=O)c1cccc(F)c1CN. The fourth-order valence-electron chi connectivity index (χ4n) is 1.58. The maximum absolute atomic E-state index is 13.5. The molecule has 0 heterocycles. The first-order valence-electron chi connectivity index (χ1n) is 5.39. The number of halogens is 1. The quantitative estimate of drug-likeness (QED) is 0.868. The minimum Gasteiger partial charge on any atom is -0.326 e. The second-order valence-electron chi connectivity index (χ2n) is 3.75. The molecule has 0 spiro atoms. The van der Waals surface area contributed by atoms with Crippen LogP contribution in [0.5, 0.6) is 0 Å². The van der Waals surface area contributed by atoms with Gasteiger partial charge in [0.05, 0.1) is 4.90 Å². The lowest BCUT2D eigenvalue weighted by Gasteiger charge is -2.18. The van der Waals surface area contributed by atoms with Crippen LogP contribution < -0.4 is 5.73 Å². The van der Waals surface area contributed by atoms with Crippen LogP contribution in [0.1, 0.15) is 18.9 Å². The van der Waals surface area contributed by atoms with E-state index < -0.39 is 15.8 Å². The van der Waals surface area contributed by atoms with Crippen LogP contribution >= 0.6 is 0 Å². The molecule has 4 nitrogen and oxygen atoms in total. The minimum atomic E-state index is -3.65. The molecule has 1 rings (SSSR count). The first-order valence-corrected chi connectivity index (χ1v) is 6.83. The van der Waals surface area contributed by atoms with E-state index in [0.717, 1.165) is 0 Å². The molecule has 0 saturated carbocycles. The highest BCUT2D eigenvalue weighted by Gasteiger charge is 2.24. The van der Waals surface area contributed by atoms with Gasteiger partial charge in [-0.1, -0.05) is 13.0 Å². The number of hydrogen-bond acceptors (Lipinski definition) is 3. The topological polar surface area (TPSA) is 63.4 Å². The number of nitrogens with zero attached hydrogens (tertiary/aromatic N) is 1. The largest absolute Gasteiger partial charge is 0.326 e. The molecule has 96 valence electrons. The maximum Gasteiger partial charge on any atom is 0.243 e. The molecular weight excluding hydrogens is 243 g/mol. The summed E-state index contributed by atoms with van der Waals surface area (Å²) in [6.07, 6.45) is 0.697. The summed E-state index contributed by atoms with van der Waals surface area (Å²) in [7, 11) is -2.18. The van der Waals surface area contributed by atoms with Crippen molar-refractivity contribution in [3.8, 4) is 0 Å². The summed E-state index contributed by atoms with van der Waals surface area (Å²) < 4.78 is 39.0. The lowest BCUT2D eigenvalue weighted by Crippen LogP contribution is -2.29. The third-order valence-corrected chi connectivity index (χ3v) is 4.45. The molecule has 0 aromatic heterocycles. The zero-order valence-electron chi connectivity index (χ0n) is 9.98. The third-order valence-electron chi connectivity index (χ3n) is 2.51. The Bertz CT molecular complexity index is 488. The van der Waals surface area contributed by atoms with E-state index in [-0.39, 0.29) is 17.0 Å². The highest BCUT2D eigenvalue weighted by atomic mass is 32.2. The Hall–Kier alpha value is -0.980. The van der Waals surface area contributed by atoms with Gasteiger partial charge in [-0.05, 0) is 18.6 Å². The van der Waals surface area contributed by atoms with Crippen LogP contribution in [0.3, 0.4) is 0 Å². The second-order valence-corrected chi connectivity index (χ2v) is 5.76. The van der Waals surface area contributed by atoms with Gasteiger partial charge in [-0.3, -0.25) is 0 Å². The van der Waals surface area contributed by atoms with Crippen LogP contribution in [0, 0.1) is 5.82 Å². The molecule has 0 amide bonds. The third kappa shape index (κ3) is 2.83. The van der Waals surface area contributed by atoms with E-state index in [1.165, 1.54) is 29.6 Å². The average Bonchev–Trinajstić information content (AvgIpc) is 2.29. The predicted octanol–water partition coefficient (Wildman–Crippen LogP) is 1.31. The molecule has 0 aliphatic rings. The molecule has 1 aromatic rings. The number of hydrogen-bond donors (Lipinski definition) is 1. The van der Waals surface area contributed by atoms with Crippen molar-refractivity contribution in [1.29, 1.82) is 0 Å². The number of benzene rings is 1. The summed E-state index contributed by atoms with van der Waals surface area (Å²) in [5.74, 6) is -0.585. The van der Waals surface area contributed by atoms with Crippen molar-refractivity contribution < 1.29 is 12.8 Å². The van der Waals surface area contributed by atoms with Crippen molar-refractivity contribution in [2.24, 2.45) is 5.73 Å². The van der Waals surface area contributed by atoms with Crippen LogP contribution in [0.15, 0.2) is 23.1 Å². The molecular formula is C11H17FN2O2S. The summed E-state index contributed by atoms with van der Waals surface area (Å²) in [6, 6.07) is 3.97. The summed E-state index contributed by atoms with van der Waals surface area (Å²) in [6.45, 7) is 2.13. The van der Waals surface area contributed by atoms with Gasteiger partial charge in [-0.15, -0.1) is 0 Å². The minimum absolute atomic E-state index is 0.0375. The summed E-state index contributed by atoms with van der Waals surface area (Å²) in [5, 5.41) is 0. The Balaban J connectivity index is 3.29. The molecule has 0 aliphatic heterocycles. The Morgan fingerprint density at radius 2 is 2.06 bits per heavy atom. The molecule has 0 atom stereocenters. The van der Waals surface area contributed by atoms with Gasteiger partial charge in [0.25, 0.3) is 0 Å². The highest BCUT2D eigenvalue weighted by molar-refractivity contribution is 7.89. The van der Waals surface area contributed by atoms with Gasteiger partial charge in [-0.2, -0.15) is 0 Å². The molecule has 1 aromatic carbocycles. The van der Waals surface area contributed by atoms with Gasteiger partial charge in [0.1, 0.15) is 5.82 Å². The fourth-order valence-corrected chi connectivity index (χ4v) is 3.08. The zero-order chi connectivity index (χ0) is 13.1. The van der Waals surface area contributed by atoms with E-state index in [2.05, 4.69) is 0 Å². The van der Waals surface area contributed by atoms with Gasteiger partial charge in [0, 0.05) is 25.7 Å². The lowest BCUT2D eigenvalue weighted by molar-refractivity contribution is 0.466. The smallest absolute Gasteiger partial charge is 0.243 e. The molecule has 0 fully saturated rings. The fraction of sp³-hybridized carbons (Fsp3) is 0.455. The van der Waals surface area contributed by atoms with Crippen molar-refractivity contribution in [1.82, 2.24) is 4.31 Å². The van der Waals surface area contributed by atoms with E-state index in [1.54, 1.807) is 0 Å². The standard InChI is InChI=1S/C11H17FN2O2S/c1-3-7-14(2)17(15,16)11-6-4-5-10(12)9(11)8-13/h4-6H,3,7-8,13H2,1-2H3. The molecule has 2 N–H and O–H groups in total. The summed E-state index contributed by atoms with van der Waals surface area (Å²) >= 11 is 0. The van der Waals surface area contributed by atoms with Crippen molar-refractivity contribution in [3.05, 3.63) is 29.6 Å². The van der Waals surface area contributed by atoms with E-state index in [0.29, 0.717) is 13.0 Å².